The van der Waals surface area contributed by atoms with Crippen molar-refractivity contribution in [2.75, 3.05) is 36.5 Å². The molecule has 1 aliphatic rings. The van der Waals surface area contributed by atoms with E-state index in [9.17, 15) is 4.79 Å². The lowest BCUT2D eigenvalue weighted by Gasteiger charge is -2.29. The Morgan fingerprint density at radius 3 is 2.23 bits per heavy atom. The summed E-state index contributed by atoms with van der Waals surface area (Å²) in [4.78, 5) is 15.1. The predicted octanol–water partition coefficient (Wildman–Crippen LogP) is 4.55. The van der Waals surface area contributed by atoms with E-state index in [0.717, 1.165) is 43.2 Å². The fourth-order valence-corrected chi connectivity index (χ4v) is 3.43. The molecule has 0 radical (unpaired) electrons. The second-order valence-electron chi connectivity index (χ2n) is 6.91. The van der Waals surface area contributed by atoms with Crippen LogP contribution in [0.5, 0.6) is 0 Å². The van der Waals surface area contributed by atoms with Gasteiger partial charge in [-0.05, 0) is 47.9 Å². The molecule has 5 heteroatoms. The Balaban J connectivity index is 1.69. The summed E-state index contributed by atoms with van der Waals surface area (Å²) in [7, 11) is 0. The van der Waals surface area contributed by atoms with Crippen molar-refractivity contribution < 1.29 is 9.53 Å². The number of carbonyl (C=O) groups is 1. The number of amides is 1. The highest BCUT2D eigenvalue weighted by Crippen LogP contribution is 2.28. The van der Waals surface area contributed by atoms with Gasteiger partial charge in [0.15, 0.2) is 0 Å². The summed E-state index contributed by atoms with van der Waals surface area (Å²) in [5.41, 5.74) is 2.95. The molecule has 0 bridgehead atoms. The minimum absolute atomic E-state index is 0.00134. The maximum atomic E-state index is 12.9. The van der Waals surface area contributed by atoms with Crippen molar-refractivity contribution in [3.63, 3.8) is 0 Å². The summed E-state index contributed by atoms with van der Waals surface area (Å²) in [6, 6.07) is 15.5. The summed E-state index contributed by atoms with van der Waals surface area (Å²) in [6.07, 6.45) is 0. The third-order valence-corrected chi connectivity index (χ3v) is 4.94. The van der Waals surface area contributed by atoms with E-state index >= 15 is 0 Å². The van der Waals surface area contributed by atoms with Gasteiger partial charge in [0.25, 0.3) is 0 Å². The zero-order valence-electron chi connectivity index (χ0n) is 15.2. The van der Waals surface area contributed by atoms with E-state index in [4.69, 9.17) is 16.3 Å². The Labute approximate surface area is 160 Å². The first kappa shape index (κ1) is 18.7. The normalized spacial score (nSPS) is 15.8. The van der Waals surface area contributed by atoms with Gasteiger partial charge in [0.05, 0.1) is 19.1 Å². The number of nitrogens with zero attached hydrogens (tertiary/aromatic N) is 1. The van der Waals surface area contributed by atoms with E-state index in [1.165, 1.54) is 0 Å². The molecular weight excluding hydrogens is 348 g/mol. The number of hydrogen-bond acceptors (Lipinski definition) is 3. The van der Waals surface area contributed by atoms with Gasteiger partial charge < -0.3 is 15.0 Å². The van der Waals surface area contributed by atoms with Crippen molar-refractivity contribution in [3.05, 3.63) is 59.1 Å². The van der Waals surface area contributed by atoms with Crippen LogP contribution < -0.4 is 10.2 Å². The van der Waals surface area contributed by atoms with Crippen molar-refractivity contribution in [1.29, 1.82) is 0 Å². The lowest BCUT2D eigenvalue weighted by molar-refractivity contribution is -0.118. The molecule has 1 saturated heterocycles. The van der Waals surface area contributed by atoms with Crippen LogP contribution in [0.2, 0.25) is 5.02 Å². The molecule has 0 unspecified atom stereocenters. The van der Waals surface area contributed by atoms with Crippen molar-refractivity contribution in [2.45, 2.75) is 19.8 Å². The molecule has 3 rings (SSSR count). The van der Waals surface area contributed by atoms with Crippen molar-refractivity contribution in [3.8, 4) is 0 Å². The lowest BCUT2D eigenvalue weighted by Crippen LogP contribution is -2.36. The first-order chi connectivity index (χ1) is 12.5. The van der Waals surface area contributed by atoms with Gasteiger partial charge in [-0.1, -0.05) is 37.6 Å². The molecule has 2 aromatic carbocycles. The Bertz CT molecular complexity index is 723. The number of carbonyl (C=O) groups excluding carboxylic acids is 1. The molecule has 4 nitrogen and oxygen atoms in total. The molecule has 26 heavy (non-hydrogen) atoms. The van der Waals surface area contributed by atoms with Crippen LogP contribution in [0.4, 0.5) is 11.4 Å². The number of morpholine rings is 1. The summed E-state index contributed by atoms with van der Waals surface area (Å²) >= 11 is 5.97. The van der Waals surface area contributed by atoms with Gasteiger partial charge in [0.2, 0.25) is 5.91 Å². The fourth-order valence-electron chi connectivity index (χ4n) is 3.31. The van der Waals surface area contributed by atoms with Crippen LogP contribution in [0.1, 0.15) is 25.3 Å². The van der Waals surface area contributed by atoms with Gasteiger partial charge >= 0.3 is 0 Å². The summed E-state index contributed by atoms with van der Waals surface area (Å²) < 4.78 is 5.39. The summed E-state index contributed by atoms with van der Waals surface area (Å²) in [6.45, 7) is 7.43. The van der Waals surface area contributed by atoms with Crippen LogP contribution in [0.3, 0.4) is 0 Å². The number of rotatable bonds is 5. The quantitative estimate of drug-likeness (QED) is 0.836. The topological polar surface area (TPSA) is 41.6 Å². The smallest absolute Gasteiger partial charge is 0.232 e. The van der Waals surface area contributed by atoms with Crippen LogP contribution in [-0.4, -0.2) is 32.2 Å². The third-order valence-electron chi connectivity index (χ3n) is 4.69. The average Bonchev–Trinajstić information content (AvgIpc) is 2.64. The third kappa shape index (κ3) is 4.57. The lowest BCUT2D eigenvalue weighted by atomic mass is 9.87. The van der Waals surface area contributed by atoms with Crippen molar-refractivity contribution >= 4 is 28.9 Å². The molecule has 1 heterocycles. The maximum Gasteiger partial charge on any atom is 0.232 e. The molecule has 1 fully saturated rings. The van der Waals surface area contributed by atoms with E-state index < -0.39 is 0 Å². The molecule has 0 aliphatic carbocycles. The molecule has 1 N–H and O–H groups in total. The number of benzene rings is 2. The van der Waals surface area contributed by atoms with Gasteiger partial charge in [-0.25, -0.2) is 0 Å². The molecule has 1 amide bonds. The molecule has 0 spiro atoms. The van der Waals surface area contributed by atoms with Crippen molar-refractivity contribution in [1.82, 2.24) is 0 Å². The van der Waals surface area contributed by atoms with Gasteiger partial charge in [0.1, 0.15) is 0 Å². The second kappa shape index (κ2) is 8.56. The summed E-state index contributed by atoms with van der Waals surface area (Å²) in [5.74, 6) is -0.0311. The zero-order chi connectivity index (χ0) is 18.5. The largest absolute Gasteiger partial charge is 0.378 e. The molecule has 1 aliphatic heterocycles. The van der Waals surface area contributed by atoms with Crippen LogP contribution in [0, 0.1) is 5.92 Å². The first-order valence-corrected chi connectivity index (χ1v) is 9.41. The minimum atomic E-state index is -0.216. The number of halogens is 1. The highest BCUT2D eigenvalue weighted by molar-refractivity contribution is 6.30. The van der Waals surface area contributed by atoms with E-state index in [1.807, 2.05) is 48.5 Å². The van der Waals surface area contributed by atoms with Crippen molar-refractivity contribution in [2.24, 2.45) is 5.92 Å². The highest BCUT2D eigenvalue weighted by atomic mass is 35.5. The molecule has 0 saturated carbocycles. The Hall–Kier alpha value is -2.04. The van der Waals surface area contributed by atoms with Gasteiger partial charge in [0, 0.05) is 29.5 Å². The summed E-state index contributed by atoms with van der Waals surface area (Å²) in [5, 5.41) is 3.73. The number of anilines is 2. The molecule has 2 aromatic rings. The second-order valence-corrected chi connectivity index (χ2v) is 7.35. The monoisotopic (exact) mass is 372 g/mol. The van der Waals surface area contributed by atoms with E-state index in [0.29, 0.717) is 5.02 Å². The van der Waals surface area contributed by atoms with Crippen LogP contribution >= 0.6 is 11.6 Å². The van der Waals surface area contributed by atoms with Gasteiger partial charge in [-0.2, -0.15) is 0 Å². The number of nitrogens with one attached hydrogen (secondary N) is 1. The highest BCUT2D eigenvalue weighted by Gasteiger charge is 2.24. The molecule has 0 aromatic heterocycles. The Kier molecular flexibility index (Phi) is 6.17. The average molecular weight is 373 g/mol. The fraction of sp³-hybridized carbons (Fsp3) is 0.381. The van der Waals surface area contributed by atoms with Gasteiger partial charge in [-0.15, -0.1) is 0 Å². The predicted molar refractivity (Wildman–Crippen MR) is 107 cm³/mol. The number of hydrogen-bond donors (Lipinski definition) is 1. The SMILES string of the molecule is CC(C)[C@H](C(=O)Nc1ccc(N2CCOCC2)cc1)c1ccc(Cl)cc1. The first-order valence-electron chi connectivity index (χ1n) is 9.03. The zero-order valence-corrected chi connectivity index (χ0v) is 16.0. The molecule has 138 valence electrons. The van der Waals surface area contributed by atoms with E-state index in [2.05, 4.69) is 24.1 Å². The maximum absolute atomic E-state index is 12.9. The van der Waals surface area contributed by atoms with E-state index in [1.54, 1.807) is 0 Å². The Morgan fingerprint density at radius 1 is 1.04 bits per heavy atom. The standard InChI is InChI=1S/C21H25ClN2O2/c1-15(2)20(16-3-5-17(22)6-4-16)21(25)23-18-7-9-19(10-8-18)24-11-13-26-14-12-24/h3-10,15,20H,11-14H2,1-2H3,(H,23,25)/t20-/m0/s1. The number of ether oxygens (including phenoxy) is 1. The van der Waals surface area contributed by atoms with Gasteiger partial charge in [-0.3, -0.25) is 4.79 Å². The van der Waals surface area contributed by atoms with E-state index in [-0.39, 0.29) is 17.7 Å². The molecular formula is C21H25ClN2O2. The Morgan fingerprint density at radius 2 is 1.65 bits per heavy atom. The molecule has 1 atom stereocenters. The van der Waals surface area contributed by atoms with Crippen LogP contribution in [-0.2, 0) is 9.53 Å². The van der Waals surface area contributed by atoms with Crippen LogP contribution in [0.25, 0.3) is 0 Å². The van der Waals surface area contributed by atoms with Crippen LogP contribution in [0.15, 0.2) is 48.5 Å². The minimum Gasteiger partial charge on any atom is -0.378 e.